The Bertz CT molecular complexity index is 918. The van der Waals surface area contributed by atoms with E-state index in [-0.39, 0.29) is 11.9 Å². The van der Waals surface area contributed by atoms with Crippen molar-refractivity contribution in [2.45, 2.75) is 44.4 Å². The lowest BCUT2D eigenvalue weighted by Gasteiger charge is -2.37. The first kappa shape index (κ1) is 22.6. The highest BCUT2D eigenvalue weighted by Crippen LogP contribution is 2.30. The quantitative estimate of drug-likeness (QED) is 0.681. The van der Waals surface area contributed by atoms with Crippen LogP contribution in [-0.2, 0) is 12.7 Å². The Balaban J connectivity index is 1.30. The highest BCUT2D eigenvalue weighted by Gasteiger charge is 2.31. The molecular weight excluding hydrogens is 417 g/mol. The van der Waals surface area contributed by atoms with Gasteiger partial charge in [0.2, 0.25) is 0 Å². The number of hydrogen-bond donors (Lipinski definition) is 0. The van der Waals surface area contributed by atoms with Crippen molar-refractivity contribution in [2.24, 2.45) is 0 Å². The Kier molecular flexibility index (Phi) is 6.69. The standard InChI is InChI=1S/C24H29F3N4O/c1-29(17-18-5-4-6-20(15-18)24(25,26)27)21-9-13-31(14-10-21)23(32)19-7-8-22(28-16-19)30-11-2-3-12-30/h4-8,15-16,21H,2-3,9-14,17H2,1H3. The molecule has 2 aliphatic heterocycles. The molecule has 3 heterocycles. The molecule has 32 heavy (non-hydrogen) atoms. The first-order chi connectivity index (χ1) is 15.3. The van der Waals surface area contributed by atoms with Crippen LogP contribution in [0, 0.1) is 0 Å². The number of anilines is 1. The van der Waals surface area contributed by atoms with E-state index >= 15 is 0 Å². The van der Waals surface area contributed by atoms with Gasteiger partial charge in [0.25, 0.3) is 5.91 Å². The minimum atomic E-state index is -4.33. The van der Waals surface area contributed by atoms with E-state index in [9.17, 15) is 18.0 Å². The molecule has 4 rings (SSSR count). The van der Waals surface area contributed by atoms with Crippen molar-refractivity contribution in [3.05, 3.63) is 59.3 Å². The minimum Gasteiger partial charge on any atom is -0.357 e. The summed E-state index contributed by atoms with van der Waals surface area (Å²) in [5.74, 6) is 0.915. The first-order valence-electron chi connectivity index (χ1n) is 11.2. The number of nitrogens with zero attached hydrogens (tertiary/aromatic N) is 4. The predicted octanol–water partition coefficient (Wildman–Crippen LogP) is 4.44. The van der Waals surface area contributed by atoms with Gasteiger partial charge in [-0.25, -0.2) is 4.98 Å². The molecule has 0 bridgehead atoms. The molecule has 1 aromatic carbocycles. The summed E-state index contributed by atoms with van der Waals surface area (Å²) in [6.45, 7) is 3.74. The second-order valence-corrected chi connectivity index (χ2v) is 8.74. The summed E-state index contributed by atoms with van der Waals surface area (Å²) in [6.07, 6.45) is 1.28. The SMILES string of the molecule is CN(Cc1cccc(C(F)(F)F)c1)C1CCN(C(=O)c2ccc(N3CCCC3)nc2)CC1. The van der Waals surface area contributed by atoms with Crippen molar-refractivity contribution in [3.8, 4) is 0 Å². The van der Waals surface area contributed by atoms with Gasteiger partial charge in [-0.15, -0.1) is 0 Å². The van der Waals surface area contributed by atoms with Gasteiger partial charge in [-0.05, 0) is 56.5 Å². The number of likely N-dealkylation sites (tertiary alicyclic amines) is 1. The molecule has 5 nitrogen and oxygen atoms in total. The van der Waals surface area contributed by atoms with Crippen LogP contribution in [0.1, 0.15) is 47.2 Å². The predicted molar refractivity (Wildman–Crippen MR) is 118 cm³/mol. The van der Waals surface area contributed by atoms with Gasteiger partial charge in [0, 0.05) is 45.0 Å². The maximum Gasteiger partial charge on any atom is 0.416 e. The number of rotatable bonds is 5. The Hall–Kier alpha value is -2.61. The van der Waals surface area contributed by atoms with E-state index in [1.807, 2.05) is 24.1 Å². The zero-order chi connectivity index (χ0) is 22.7. The summed E-state index contributed by atoms with van der Waals surface area (Å²) < 4.78 is 38.9. The van der Waals surface area contributed by atoms with Crippen LogP contribution < -0.4 is 4.90 Å². The average molecular weight is 447 g/mol. The third-order valence-electron chi connectivity index (χ3n) is 6.49. The number of aromatic nitrogens is 1. The number of benzene rings is 1. The lowest BCUT2D eigenvalue weighted by Crippen LogP contribution is -2.45. The van der Waals surface area contributed by atoms with Gasteiger partial charge >= 0.3 is 6.18 Å². The molecule has 2 fully saturated rings. The molecule has 0 radical (unpaired) electrons. The average Bonchev–Trinajstić information content (AvgIpc) is 3.33. The van der Waals surface area contributed by atoms with E-state index < -0.39 is 11.7 Å². The van der Waals surface area contributed by atoms with Crippen LogP contribution in [0.4, 0.5) is 19.0 Å². The molecule has 172 valence electrons. The van der Waals surface area contributed by atoms with Gasteiger partial charge in [-0.2, -0.15) is 13.2 Å². The number of piperidine rings is 1. The molecular formula is C24H29F3N4O. The van der Waals surface area contributed by atoms with Crippen molar-refractivity contribution in [3.63, 3.8) is 0 Å². The lowest BCUT2D eigenvalue weighted by atomic mass is 10.0. The van der Waals surface area contributed by atoms with Crippen LogP contribution in [0.25, 0.3) is 0 Å². The van der Waals surface area contributed by atoms with Gasteiger partial charge in [0.05, 0.1) is 11.1 Å². The number of pyridine rings is 1. The molecule has 2 saturated heterocycles. The van der Waals surface area contributed by atoms with Crippen LogP contribution in [0.5, 0.6) is 0 Å². The fraction of sp³-hybridized carbons (Fsp3) is 0.500. The van der Waals surface area contributed by atoms with E-state index in [1.54, 1.807) is 12.3 Å². The normalized spacial score (nSPS) is 17.9. The van der Waals surface area contributed by atoms with E-state index in [4.69, 9.17) is 0 Å². The largest absolute Gasteiger partial charge is 0.416 e. The number of carbonyl (C=O) groups is 1. The number of hydrogen-bond acceptors (Lipinski definition) is 4. The molecule has 0 aliphatic carbocycles. The Morgan fingerprint density at radius 2 is 1.81 bits per heavy atom. The smallest absolute Gasteiger partial charge is 0.357 e. The summed E-state index contributed by atoms with van der Waals surface area (Å²) in [6, 6.07) is 9.50. The summed E-state index contributed by atoms with van der Waals surface area (Å²) in [5.41, 5.74) is 0.627. The Morgan fingerprint density at radius 1 is 1.09 bits per heavy atom. The molecule has 2 aliphatic rings. The van der Waals surface area contributed by atoms with E-state index in [1.165, 1.54) is 25.0 Å². The molecule has 1 amide bonds. The third-order valence-corrected chi connectivity index (χ3v) is 6.49. The highest BCUT2D eigenvalue weighted by atomic mass is 19.4. The molecule has 2 aromatic rings. The number of amides is 1. The Labute approximate surface area is 186 Å². The van der Waals surface area contributed by atoms with Crippen molar-refractivity contribution in [2.75, 3.05) is 38.1 Å². The second kappa shape index (κ2) is 9.48. The molecule has 0 atom stereocenters. The van der Waals surface area contributed by atoms with E-state index in [0.29, 0.717) is 30.8 Å². The van der Waals surface area contributed by atoms with Gasteiger partial charge in [0.1, 0.15) is 5.82 Å². The highest BCUT2D eigenvalue weighted by molar-refractivity contribution is 5.94. The van der Waals surface area contributed by atoms with Crippen molar-refractivity contribution in [1.82, 2.24) is 14.8 Å². The zero-order valence-corrected chi connectivity index (χ0v) is 18.3. The lowest BCUT2D eigenvalue weighted by molar-refractivity contribution is -0.137. The minimum absolute atomic E-state index is 0.00977. The Morgan fingerprint density at radius 3 is 2.44 bits per heavy atom. The van der Waals surface area contributed by atoms with Gasteiger partial charge < -0.3 is 9.80 Å². The molecule has 0 spiro atoms. The number of alkyl halides is 3. The fourth-order valence-corrected chi connectivity index (χ4v) is 4.60. The van der Waals surface area contributed by atoms with Crippen molar-refractivity contribution < 1.29 is 18.0 Å². The maximum atomic E-state index is 13.0. The number of halogens is 3. The van der Waals surface area contributed by atoms with Gasteiger partial charge in [-0.1, -0.05) is 18.2 Å². The van der Waals surface area contributed by atoms with Crippen LogP contribution in [-0.4, -0.2) is 60.0 Å². The molecule has 0 unspecified atom stereocenters. The monoisotopic (exact) mass is 446 g/mol. The second-order valence-electron chi connectivity index (χ2n) is 8.74. The van der Waals surface area contributed by atoms with Gasteiger partial charge in [0.15, 0.2) is 0 Å². The van der Waals surface area contributed by atoms with Crippen LogP contribution in [0.2, 0.25) is 0 Å². The van der Waals surface area contributed by atoms with Crippen LogP contribution in [0.3, 0.4) is 0 Å². The van der Waals surface area contributed by atoms with Crippen molar-refractivity contribution in [1.29, 1.82) is 0 Å². The summed E-state index contributed by atoms with van der Waals surface area (Å²) in [5, 5.41) is 0. The molecule has 8 heteroatoms. The maximum absolute atomic E-state index is 13.0. The van der Waals surface area contributed by atoms with E-state index in [2.05, 4.69) is 14.8 Å². The molecule has 1 aromatic heterocycles. The molecule has 0 N–H and O–H groups in total. The van der Waals surface area contributed by atoms with Crippen LogP contribution in [0.15, 0.2) is 42.6 Å². The molecule has 0 saturated carbocycles. The zero-order valence-electron chi connectivity index (χ0n) is 18.3. The fourth-order valence-electron chi connectivity index (χ4n) is 4.60. The topological polar surface area (TPSA) is 39.7 Å². The number of carbonyl (C=O) groups excluding carboxylic acids is 1. The van der Waals surface area contributed by atoms with Crippen molar-refractivity contribution >= 4 is 11.7 Å². The van der Waals surface area contributed by atoms with Gasteiger partial charge in [-0.3, -0.25) is 9.69 Å². The third kappa shape index (κ3) is 5.23. The summed E-state index contributed by atoms with van der Waals surface area (Å²) in [4.78, 5) is 23.5. The first-order valence-corrected chi connectivity index (χ1v) is 11.2. The summed E-state index contributed by atoms with van der Waals surface area (Å²) >= 11 is 0. The summed E-state index contributed by atoms with van der Waals surface area (Å²) in [7, 11) is 1.93. The van der Waals surface area contributed by atoms with E-state index in [0.717, 1.165) is 37.8 Å². The van der Waals surface area contributed by atoms with Crippen LogP contribution >= 0.6 is 0 Å².